The highest BCUT2D eigenvalue weighted by molar-refractivity contribution is 7.99. The van der Waals surface area contributed by atoms with Gasteiger partial charge in [0.25, 0.3) is 5.22 Å². The second-order valence-corrected chi connectivity index (χ2v) is 10.2. The molecule has 1 saturated heterocycles. The molecule has 4 rings (SSSR count). The van der Waals surface area contributed by atoms with Crippen LogP contribution in [-0.2, 0) is 10.0 Å². The molecule has 10 heteroatoms. The molecule has 0 unspecified atom stereocenters. The number of rotatable bonds is 8. The van der Waals surface area contributed by atoms with E-state index in [1.165, 1.54) is 11.8 Å². The zero-order chi connectivity index (χ0) is 22.4. The zero-order valence-corrected chi connectivity index (χ0v) is 18.9. The van der Waals surface area contributed by atoms with Gasteiger partial charge in [-0.3, -0.25) is 0 Å². The van der Waals surface area contributed by atoms with E-state index >= 15 is 0 Å². The van der Waals surface area contributed by atoms with E-state index < -0.39 is 10.0 Å². The number of sulfonamides is 1. The van der Waals surface area contributed by atoms with Crippen LogP contribution >= 0.6 is 11.8 Å². The molecule has 8 nitrogen and oxygen atoms in total. The van der Waals surface area contributed by atoms with Crippen molar-refractivity contribution in [1.82, 2.24) is 14.5 Å². The van der Waals surface area contributed by atoms with Gasteiger partial charge in [-0.25, -0.2) is 8.42 Å². The number of hydrogen-bond acceptors (Lipinski definition) is 8. The summed E-state index contributed by atoms with van der Waals surface area (Å²) >= 11 is 1.35. The van der Waals surface area contributed by atoms with Crippen LogP contribution in [0.3, 0.4) is 0 Å². The van der Waals surface area contributed by atoms with Crippen molar-refractivity contribution in [3.8, 4) is 23.3 Å². The minimum Gasteiger partial charge on any atom is -0.493 e. The van der Waals surface area contributed by atoms with Crippen LogP contribution in [0.25, 0.3) is 11.5 Å². The summed E-state index contributed by atoms with van der Waals surface area (Å²) in [5, 5.41) is 17.3. The molecule has 1 fully saturated rings. The van der Waals surface area contributed by atoms with Crippen molar-refractivity contribution in [2.45, 2.75) is 29.4 Å². The van der Waals surface area contributed by atoms with E-state index in [-0.39, 0.29) is 10.8 Å². The van der Waals surface area contributed by atoms with E-state index in [0.717, 1.165) is 19.3 Å². The van der Waals surface area contributed by atoms with E-state index in [2.05, 4.69) is 16.3 Å². The smallest absolute Gasteiger partial charge is 0.276 e. The molecule has 0 radical (unpaired) electrons. The second-order valence-electron chi connectivity index (χ2n) is 7.20. The van der Waals surface area contributed by atoms with E-state index in [1.807, 2.05) is 0 Å². The molecule has 0 aliphatic carbocycles. The predicted octanol–water partition coefficient (Wildman–Crippen LogP) is 3.95. The van der Waals surface area contributed by atoms with Crippen LogP contribution in [0, 0.1) is 11.3 Å². The highest BCUT2D eigenvalue weighted by atomic mass is 32.2. The second kappa shape index (κ2) is 10.2. The van der Waals surface area contributed by atoms with Crippen LogP contribution in [0.15, 0.2) is 63.1 Å². The number of hydrogen-bond donors (Lipinski definition) is 0. The van der Waals surface area contributed by atoms with Crippen LogP contribution in [-0.4, -0.2) is 48.4 Å². The van der Waals surface area contributed by atoms with E-state index in [0.29, 0.717) is 47.5 Å². The molecule has 1 aromatic heterocycles. The Morgan fingerprint density at radius 3 is 2.62 bits per heavy atom. The molecular formula is C22H22N4O4S2. The van der Waals surface area contributed by atoms with Gasteiger partial charge in [-0.05, 0) is 55.3 Å². The Labute approximate surface area is 191 Å². The molecular weight excluding hydrogens is 448 g/mol. The molecule has 32 heavy (non-hydrogen) atoms. The standard InChI is InChI=1S/C22H22N4O4S2/c23-16-17-7-9-19(10-8-17)29-13-14-31-22-25-24-21(30-22)18-5-4-6-20(15-18)32(27,28)26-11-2-1-3-12-26/h4-10,15H,1-3,11-14H2. The average Bonchev–Trinajstić information content (AvgIpc) is 3.32. The lowest BCUT2D eigenvalue weighted by Crippen LogP contribution is -2.35. The lowest BCUT2D eigenvalue weighted by Gasteiger charge is -2.25. The Balaban J connectivity index is 1.36. The lowest BCUT2D eigenvalue weighted by molar-refractivity contribution is 0.343. The van der Waals surface area contributed by atoms with Gasteiger partial charge in [0.05, 0.1) is 23.1 Å². The molecule has 166 valence electrons. The van der Waals surface area contributed by atoms with Gasteiger partial charge in [-0.2, -0.15) is 9.57 Å². The van der Waals surface area contributed by atoms with Crippen molar-refractivity contribution in [2.24, 2.45) is 0 Å². The van der Waals surface area contributed by atoms with Gasteiger partial charge in [0.1, 0.15) is 5.75 Å². The van der Waals surface area contributed by atoms with E-state index in [4.69, 9.17) is 14.4 Å². The molecule has 0 atom stereocenters. The third-order valence-electron chi connectivity index (χ3n) is 5.00. The third kappa shape index (κ3) is 5.30. The van der Waals surface area contributed by atoms with Crippen molar-refractivity contribution in [3.05, 3.63) is 54.1 Å². The van der Waals surface area contributed by atoms with Crippen LogP contribution in [0.4, 0.5) is 0 Å². The Hall–Kier alpha value is -2.87. The molecule has 0 spiro atoms. The van der Waals surface area contributed by atoms with Crippen LogP contribution < -0.4 is 4.74 Å². The quantitative estimate of drug-likeness (QED) is 0.359. The third-order valence-corrected chi connectivity index (χ3v) is 7.68. The Bertz CT molecular complexity index is 1200. The lowest BCUT2D eigenvalue weighted by atomic mass is 10.2. The number of benzene rings is 2. The highest BCUT2D eigenvalue weighted by Gasteiger charge is 2.26. The van der Waals surface area contributed by atoms with Crippen LogP contribution in [0.1, 0.15) is 24.8 Å². The topological polar surface area (TPSA) is 109 Å². The monoisotopic (exact) mass is 470 g/mol. The normalized spacial score (nSPS) is 14.7. The number of thioether (sulfide) groups is 1. The predicted molar refractivity (Wildman–Crippen MR) is 120 cm³/mol. The molecule has 2 heterocycles. The van der Waals surface area contributed by atoms with E-state index in [9.17, 15) is 8.42 Å². The average molecular weight is 471 g/mol. The first-order valence-electron chi connectivity index (χ1n) is 10.3. The molecule has 0 bridgehead atoms. The molecule has 0 N–H and O–H groups in total. The summed E-state index contributed by atoms with van der Waals surface area (Å²) < 4.78 is 38.7. The summed E-state index contributed by atoms with van der Waals surface area (Å²) in [6.45, 7) is 1.54. The van der Waals surface area contributed by atoms with Crippen LogP contribution in [0.2, 0.25) is 0 Å². The number of aromatic nitrogens is 2. The van der Waals surface area contributed by atoms with Gasteiger partial charge in [0.2, 0.25) is 15.9 Å². The summed E-state index contributed by atoms with van der Waals surface area (Å²) in [6.07, 6.45) is 2.84. The summed E-state index contributed by atoms with van der Waals surface area (Å²) in [4.78, 5) is 0.236. The molecule has 0 saturated carbocycles. The van der Waals surface area contributed by atoms with Crippen molar-refractivity contribution in [1.29, 1.82) is 5.26 Å². The van der Waals surface area contributed by atoms with Gasteiger partial charge >= 0.3 is 0 Å². The number of piperidine rings is 1. The SMILES string of the molecule is N#Cc1ccc(OCCSc2nnc(-c3cccc(S(=O)(=O)N4CCCCC4)c3)o2)cc1. The largest absolute Gasteiger partial charge is 0.493 e. The van der Waals surface area contributed by atoms with Crippen molar-refractivity contribution in [2.75, 3.05) is 25.4 Å². The van der Waals surface area contributed by atoms with Gasteiger partial charge in [0, 0.05) is 24.4 Å². The summed E-state index contributed by atoms with van der Waals surface area (Å²) in [5.74, 6) is 1.55. The van der Waals surface area contributed by atoms with E-state index in [1.54, 1.807) is 52.8 Å². The van der Waals surface area contributed by atoms with Crippen molar-refractivity contribution < 1.29 is 17.6 Å². The Kier molecular flexibility index (Phi) is 7.09. The van der Waals surface area contributed by atoms with Gasteiger partial charge in [0.15, 0.2) is 0 Å². The first-order valence-corrected chi connectivity index (χ1v) is 12.7. The number of ether oxygens (including phenoxy) is 1. The fourth-order valence-corrected chi connectivity index (χ4v) is 5.48. The summed E-state index contributed by atoms with van der Waals surface area (Å²) in [6, 6.07) is 15.6. The Morgan fingerprint density at radius 2 is 1.88 bits per heavy atom. The highest BCUT2D eigenvalue weighted by Crippen LogP contribution is 2.27. The fourth-order valence-electron chi connectivity index (χ4n) is 3.34. The maximum absolute atomic E-state index is 12.9. The van der Waals surface area contributed by atoms with Gasteiger partial charge in [-0.15, -0.1) is 10.2 Å². The van der Waals surface area contributed by atoms with Crippen molar-refractivity contribution in [3.63, 3.8) is 0 Å². The molecule has 3 aromatic rings. The number of nitriles is 1. The Morgan fingerprint density at radius 1 is 1.09 bits per heavy atom. The minimum atomic E-state index is -3.53. The summed E-state index contributed by atoms with van der Waals surface area (Å²) in [7, 11) is -3.53. The molecule has 0 amide bonds. The van der Waals surface area contributed by atoms with Gasteiger partial charge < -0.3 is 9.15 Å². The minimum absolute atomic E-state index is 0.236. The maximum Gasteiger partial charge on any atom is 0.276 e. The molecule has 1 aliphatic rings. The molecule has 2 aromatic carbocycles. The maximum atomic E-state index is 12.9. The zero-order valence-electron chi connectivity index (χ0n) is 17.3. The molecule has 1 aliphatic heterocycles. The summed E-state index contributed by atoms with van der Waals surface area (Å²) in [5.41, 5.74) is 1.15. The van der Waals surface area contributed by atoms with Gasteiger partial charge in [-0.1, -0.05) is 24.2 Å². The first kappa shape index (κ1) is 22.3. The van der Waals surface area contributed by atoms with Crippen LogP contribution in [0.5, 0.6) is 5.75 Å². The number of nitrogens with zero attached hydrogens (tertiary/aromatic N) is 4. The fraction of sp³-hybridized carbons (Fsp3) is 0.318. The first-order chi connectivity index (χ1) is 15.6. The van der Waals surface area contributed by atoms with Crippen molar-refractivity contribution >= 4 is 21.8 Å².